The molecule has 1 nitrogen and oxygen atoms in total. The van der Waals surface area contributed by atoms with Crippen molar-refractivity contribution in [2.24, 2.45) is 5.92 Å². The van der Waals surface area contributed by atoms with Crippen LogP contribution in [-0.4, -0.2) is 5.78 Å². The van der Waals surface area contributed by atoms with Gasteiger partial charge in [-0.05, 0) is 60.7 Å². The number of Topliss-reactive ketones (excluding diaryl/α,β-unsaturated/α-hetero) is 1. The Bertz CT molecular complexity index is 903. The molecule has 2 aromatic rings. The van der Waals surface area contributed by atoms with Gasteiger partial charge in [-0.3, -0.25) is 4.79 Å². The minimum Gasteiger partial charge on any atom is -0.294 e. The largest absolute Gasteiger partial charge is 0.294 e. The molecule has 0 radical (unpaired) electrons. The molecule has 0 aromatic heterocycles. The molecule has 0 bridgehead atoms. The van der Waals surface area contributed by atoms with E-state index in [4.69, 9.17) is 23.2 Å². The van der Waals surface area contributed by atoms with E-state index in [9.17, 15) is 13.6 Å². The zero-order chi connectivity index (χ0) is 18.3. The summed E-state index contributed by atoms with van der Waals surface area (Å²) in [4.78, 5) is 11.5. The lowest BCUT2D eigenvalue weighted by Crippen LogP contribution is -2.02. The van der Waals surface area contributed by atoms with E-state index < -0.39 is 5.82 Å². The standard InChI is InChI=1S/C10H8ClFO.C10H8ClF/c1-5-2-7-8(10(5)13)3-6(12)4-9(7)11;1-6-2-7-4-8(12)5-10(11)9(7)3-6/h3-5H,2H2,1H3;3-5H,2H2,1H3. The van der Waals surface area contributed by atoms with E-state index in [0.717, 1.165) is 23.1 Å². The van der Waals surface area contributed by atoms with Gasteiger partial charge in [-0.25, -0.2) is 8.78 Å². The smallest absolute Gasteiger partial charge is 0.166 e. The van der Waals surface area contributed by atoms with Crippen molar-refractivity contribution < 1.29 is 13.6 Å². The first-order chi connectivity index (χ1) is 11.8. The van der Waals surface area contributed by atoms with Crippen LogP contribution in [0.15, 0.2) is 29.8 Å². The quantitative estimate of drug-likeness (QED) is 0.524. The first-order valence-electron chi connectivity index (χ1n) is 7.93. The van der Waals surface area contributed by atoms with E-state index in [1.165, 1.54) is 23.8 Å². The molecule has 0 spiro atoms. The molecule has 130 valence electrons. The van der Waals surface area contributed by atoms with Crippen molar-refractivity contribution in [3.8, 4) is 0 Å². The number of benzene rings is 2. The molecule has 2 aromatic carbocycles. The molecule has 0 heterocycles. The molecule has 0 aliphatic heterocycles. The van der Waals surface area contributed by atoms with Gasteiger partial charge in [-0.2, -0.15) is 0 Å². The Balaban J connectivity index is 0.000000146. The van der Waals surface area contributed by atoms with Gasteiger partial charge < -0.3 is 0 Å². The Kier molecular flexibility index (Phi) is 4.99. The highest BCUT2D eigenvalue weighted by molar-refractivity contribution is 6.32. The van der Waals surface area contributed by atoms with Gasteiger partial charge in [-0.15, -0.1) is 0 Å². The SMILES string of the molecule is CC1=Cc2c(Cl)cc(F)cc2C1.CC1Cc2c(Cl)cc(F)cc2C1=O. The Labute approximate surface area is 155 Å². The molecule has 0 N–H and O–H groups in total. The second kappa shape index (κ2) is 6.89. The van der Waals surface area contributed by atoms with Crippen LogP contribution in [-0.2, 0) is 12.8 Å². The van der Waals surface area contributed by atoms with Crippen LogP contribution < -0.4 is 0 Å². The average molecular weight is 381 g/mol. The maximum Gasteiger partial charge on any atom is 0.166 e. The van der Waals surface area contributed by atoms with Crippen LogP contribution in [0.4, 0.5) is 8.78 Å². The molecule has 4 rings (SSSR count). The summed E-state index contributed by atoms with van der Waals surface area (Å²) in [5.74, 6) is -0.751. The van der Waals surface area contributed by atoms with Crippen LogP contribution in [0.3, 0.4) is 0 Å². The van der Waals surface area contributed by atoms with Crippen LogP contribution in [0.2, 0.25) is 10.0 Å². The summed E-state index contributed by atoms with van der Waals surface area (Å²) in [6.45, 7) is 3.85. The Morgan fingerprint density at radius 3 is 2.40 bits per heavy atom. The average Bonchev–Trinajstić information content (AvgIpc) is 3.02. The maximum absolute atomic E-state index is 12.9. The molecule has 5 heteroatoms. The maximum atomic E-state index is 12.9. The summed E-state index contributed by atoms with van der Waals surface area (Å²) in [6, 6.07) is 5.43. The zero-order valence-electron chi connectivity index (χ0n) is 13.8. The van der Waals surface area contributed by atoms with Gasteiger partial charge in [0.1, 0.15) is 11.6 Å². The van der Waals surface area contributed by atoms with Crippen molar-refractivity contribution in [3.63, 3.8) is 0 Å². The van der Waals surface area contributed by atoms with Gasteiger partial charge in [0.25, 0.3) is 0 Å². The fourth-order valence-electron chi connectivity index (χ4n) is 3.24. The van der Waals surface area contributed by atoms with Crippen LogP contribution in [0, 0.1) is 17.6 Å². The number of hydrogen-bond donors (Lipinski definition) is 0. The lowest BCUT2D eigenvalue weighted by Gasteiger charge is -2.00. The normalized spacial score (nSPS) is 17.6. The highest BCUT2D eigenvalue weighted by Crippen LogP contribution is 2.33. The van der Waals surface area contributed by atoms with Crippen molar-refractivity contribution >= 4 is 35.1 Å². The number of carbonyl (C=O) groups excluding carboxylic acids is 1. The summed E-state index contributed by atoms with van der Waals surface area (Å²) in [5.41, 5.74) is 4.46. The van der Waals surface area contributed by atoms with Crippen molar-refractivity contribution in [1.29, 1.82) is 0 Å². The molecular formula is C20H16Cl2F2O. The number of allylic oxidation sites excluding steroid dienone is 1. The number of carbonyl (C=O) groups is 1. The second-order valence-corrected chi connectivity index (χ2v) is 7.33. The summed E-state index contributed by atoms with van der Waals surface area (Å²) in [6.07, 6.45) is 3.47. The van der Waals surface area contributed by atoms with Gasteiger partial charge >= 0.3 is 0 Å². The van der Waals surface area contributed by atoms with Crippen LogP contribution >= 0.6 is 23.2 Å². The van der Waals surface area contributed by atoms with Crippen LogP contribution in [0.1, 0.15) is 40.9 Å². The van der Waals surface area contributed by atoms with E-state index in [1.807, 2.05) is 19.9 Å². The summed E-state index contributed by atoms with van der Waals surface area (Å²) >= 11 is 11.7. The molecule has 0 saturated carbocycles. The molecule has 0 fully saturated rings. The molecule has 2 aliphatic carbocycles. The molecule has 2 aliphatic rings. The van der Waals surface area contributed by atoms with Crippen LogP contribution in [0.5, 0.6) is 0 Å². The summed E-state index contributed by atoms with van der Waals surface area (Å²) < 4.78 is 25.7. The number of ketones is 1. The van der Waals surface area contributed by atoms with Gasteiger partial charge in [0, 0.05) is 16.5 Å². The van der Waals surface area contributed by atoms with Gasteiger partial charge in [0.2, 0.25) is 0 Å². The predicted molar refractivity (Wildman–Crippen MR) is 97.4 cm³/mol. The van der Waals surface area contributed by atoms with Gasteiger partial charge in [0.15, 0.2) is 5.78 Å². The van der Waals surface area contributed by atoms with E-state index in [1.54, 1.807) is 6.07 Å². The monoisotopic (exact) mass is 380 g/mol. The predicted octanol–water partition coefficient (Wildman–Crippen LogP) is 6.29. The third kappa shape index (κ3) is 3.63. The number of halogens is 4. The molecular weight excluding hydrogens is 365 g/mol. The lowest BCUT2D eigenvalue weighted by atomic mass is 10.1. The van der Waals surface area contributed by atoms with E-state index in [-0.39, 0.29) is 17.5 Å². The number of fused-ring (bicyclic) bond motifs is 2. The highest BCUT2D eigenvalue weighted by Gasteiger charge is 2.29. The molecule has 1 unspecified atom stereocenters. The van der Waals surface area contributed by atoms with Crippen molar-refractivity contribution in [2.75, 3.05) is 0 Å². The third-order valence-corrected chi connectivity index (χ3v) is 5.07. The van der Waals surface area contributed by atoms with E-state index >= 15 is 0 Å². The first kappa shape index (κ1) is 18.1. The fraction of sp³-hybridized carbons (Fsp3) is 0.250. The number of hydrogen-bond acceptors (Lipinski definition) is 1. The van der Waals surface area contributed by atoms with E-state index in [2.05, 4.69) is 0 Å². The number of rotatable bonds is 0. The Hall–Kier alpha value is -1.71. The second-order valence-electron chi connectivity index (χ2n) is 6.51. The molecule has 0 saturated heterocycles. The van der Waals surface area contributed by atoms with Crippen molar-refractivity contribution in [1.82, 2.24) is 0 Å². The Morgan fingerprint density at radius 2 is 1.68 bits per heavy atom. The highest BCUT2D eigenvalue weighted by atomic mass is 35.5. The molecule has 25 heavy (non-hydrogen) atoms. The van der Waals surface area contributed by atoms with Crippen LogP contribution in [0.25, 0.3) is 6.08 Å². The zero-order valence-corrected chi connectivity index (χ0v) is 15.3. The topological polar surface area (TPSA) is 17.1 Å². The summed E-state index contributed by atoms with van der Waals surface area (Å²) in [5, 5.41) is 0.884. The third-order valence-electron chi connectivity index (χ3n) is 4.42. The van der Waals surface area contributed by atoms with Gasteiger partial charge in [0.05, 0.1) is 5.02 Å². The minimum atomic E-state index is -0.439. The fourth-order valence-corrected chi connectivity index (χ4v) is 3.80. The van der Waals surface area contributed by atoms with Gasteiger partial charge in [-0.1, -0.05) is 41.8 Å². The van der Waals surface area contributed by atoms with Crippen molar-refractivity contribution in [3.05, 3.63) is 73.8 Å². The lowest BCUT2D eigenvalue weighted by molar-refractivity contribution is 0.0946. The van der Waals surface area contributed by atoms with E-state index in [0.29, 0.717) is 22.0 Å². The molecule has 1 atom stereocenters. The minimum absolute atomic E-state index is 0.00333. The first-order valence-corrected chi connectivity index (χ1v) is 8.69. The van der Waals surface area contributed by atoms with Crippen molar-refractivity contribution in [2.45, 2.75) is 26.7 Å². The Morgan fingerprint density at radius 1 is 1.04 bits per heavy atom. The summed E-state index contributed by atoms with van der Waals surface area (Å²) in [7, 11) is 0. The molecule has 0 amide bonds.